The van der Waals surface area contributed by atoms with Crippen molar-refractivity contribution in [3.63, 3.8) is 0 Å². The zero-order valence-electron chi connectivity index (χ0n) is 16.3. The SMILES string of the molecule is COCCNC(=O)c1ccc(NC(=O)c2ccc(OCC(C)C)c(Br)c2)cc1. The van der Waals surface area contributed by atoms with E-state index >= 15 is 0 Å². The molecule has 0 radical (unpaired) electrons. The van der Waals surface area contributed by atoms with E-state index in [-0.39, 0.29) is 11.8 Å². The maximum absolute atomic E-state index is 12.5. The van der Waals surface area contributed by atoms with E-state index in [1.165, 1.54) is 0 Å². The Morgan fingerprint density at radius 1 is 1.04 bits per heavy atom. The summed E-state index contributed by atoms with van der Waals surface area (Å²) in [4.78, 5) is 24.4. The van der Waals surface area contributed by atoms with Gasteiger partial charge >= 0.3 is 0 Å². The summed E-state index contributed by atoms with van der Waals surface area (Å²) in [6.45, 7) is 5.65. The molecular weight excluding hydrogens is 424 g/mol. The number of benzene rings is 2. The summed E-state index contributed by atoms with van der Waals surface area (Å²) in [6, 6.07) is 11.9. The van der Waals surface area contributed by atoms with E-state index in [4.69, 9.17) is 9.47 Å². The molecule has 0 aliphatic carbocycles. The van der Waals surface area contributed by atoms with Crippen LogP contribution in [0.1, 0.15) is 34.6 Å². The van der Waals surface area contributed by atoms with Crippen LogP contribution in [0.25, 0.3) is 0 Å². The molecule has 0 atom stereocenters. The first-order valence-corrected chi connectivity index (χ1v) is 9.81. The third kappa shape index (κ3) is 6.65. The molecule has 0 saturated carbocycles. The first-order valence-electron chi connectivity index (χ1n) is 9.01. The van der Waals surface area contributed by atoms with Gasteiger partial charge in [0, 0.05) is 30.5 Å². The zero-order chi connectivity index (χ0) is 20.5. The van der Waals surface area contributed by atoms with Crippen LogP contribution in [0.4, 0.5) is 5.69 Å². The van der Waals surface area contributed by atoms with Gasteiger partial charge in [0.1, 0.15) is 5.75 Å². The fourth-order valence-corrected chi connectivity index (χ4v) is 2.79. The van der Waals surface area contributed by atoms with Gasteiger partial charge in [-0.05, 0) is 64.3 Å². The molecule has 0 bridgehead atoms. The average molecular weight is 449 g/mol. The summed E-state index contributed by atoms with van der Waals surface area (Å²) >= 11 is 3.44. The largest absolute Gasteiger partial charge is 0.492 e. The molecule has 2 N–H and O–H groups in total. The Bertz CT molecular complexity index is 807. The first kappa shape index (κ1) is 21.9. The number of amides is 2. The molecule has 0 saturated heterocycles. The van der Waals surface area contributed by atoms with Gasteiger partial charge in [0.05, 0.1) is 17.7 Å². The molecule has 0 fully saturated rings. The zero-order valence-corrected chi connectivity index (χ0v) is 17.8. The monoisotopic (exact) mass is 448 g/mol. The van der Waals surface area contributed by atoms with Crippen molar-refractivity contribution in [1.29, 1.82) is 0 Å². The van der Waals surface area contributed by atoms with Gasteiger partial charge in [0.15, 0.2) is 0 Å². The fraction of sp³-hybridized carbons (Fsp3) is 0.333. The number of anilines is 1. The third-order valence-electron chi connectivity index (χ3n) is 3.76. The smallest absolute Gasteiger partial charge is 0.255 e. The van der Waals surface area contributed by atoms with E-state index in [1.807, 2.05) is 0 Å². The molecule has 0 aromatic heterocycles. The van der Waals surface area contributed by atoms with Crippen molar-refractivity contribution in [3.05, 3.63) is 58.1 Å². The van der Waals surface area contributed by atoms with E-state index in [0.29, 0.717) is 48.2 Å². The lowest BCUT2D eigenvalue weighted by atomic mass is 10.1. The van der Waals surface area contributed by atoms with Crippen LogP contribution in [0.15, 0.2) is 46.9 Å². The van der Waals surface area contributed by atoms with Crippen LogP contribution in [0, 0.1) is 5.92 Å². The Morgan fingerprint density at radius 2 is 1.71 bits per heavy atom. The Balaban J connectivity index is 1.97. The summed E-state index contributed by atoms with van der Waals surface area (Å²) in [6.07, 6.45) is 0. The number of ether oxygens (including phenoxy) is 2. The van der Waals surface area contributed by atoms with Crippen molar-refractivity contribution in [2.24, 2.45) is 5.92 Å². The summed E-state index contributed by atoms with van der Waals surface area (Å²) in [5.41, 5.74) is 1.63. The minimum atomic E-state index is -0.242. The molecular formula is C21H25BrN2O4. The average Bonchev–Trinajstić information content (AvgIpc) is 2.67. The Labute approximate surface area is 173 Å². The van der Waals surface area contributed by atoms with Crippen molar-refractivity contribution in [2.75, 3.05) is 32.2 Å². The normalized spacial score (nSPS) is 10.6. The Kier molecular flexibility index (Phi) is 8.47. The molecule has 0 unspecified atom stereocenters. The van der Waals surface area contributed by atoms with Gasteiger partial charge in [-0.25, -0.2) is 0 Å². The highest BCUT2D eigenvalue weighted by Gasteiger charge is 2.11. The second kappa shape index (κ2) is 10.8. The molecule has 2 amide bonds. The number of methoxy groups -OCH3 is 1. The van der Waals surface area contributed by atoms with Gasteiger partial charge in [0.25, 0.3) is 11.8 Å². The Hall–Kier alpha value is -2.38. The van der Waals surface area contributed by atoms with Gasteiger partial charge in [-0.3, -0.25) is 9.59 Å². The molecule has 0 spiro atoms. The Morgan fingerprint density at radius 3 is 2.32 bits per heavy atom. The second-order valence-corrected chi connectivity index (χ2v) is 7.48. The van der Waals surface area contributed by atoms with Crippen molar-refractivity contribution >= 4 is 33.4 Å². The molecule has 7 heteroatoms. The number of hydrogen-bond acceptors (Lipinski definition) is 4. The molecule has 2 aromatic carbocycles. The minimum absolute atomic E-state index is 0.184. The van der Waals surface area contributed by atoms with Crippen molar-refractivity contribution in [1.82, 2.24) is 5.32 Å². The summed E-state index contributed by atoms with van der Waals surface area (Å²) in [5, 5.41) is 5.57. The van der Waals surface area contributed by atoms with E-state index in [0.717, 1.165) is 4.47 Å². The van der Waals surface area contributed by atoms with Gasteiger partial charge in [0.2, 0.25) is 0 Å². The lowest BCUT2D eigenvalue weighted by molar-refractivity contribution is 0.0936. The van der Waals surface area contributed by atoms with Crippen molar-refractivity contribution < 1.29 is 19.1 Å². The van der Waals surface area contributed by atoms with Gasteiger partial charge in [-0.15, -0.1) is 0 Å². The number of hydrogen-bond donors (Lipinski definition) is 2. The number of halogens is 1. The predicted molar refractivity (Wildman–Crippen MR) is 113 cm³/mol. The van der Waals surface area contributed by atoms with Crippen LogP contribution < -0.4 is 15.4 Å². The minimum Gasteiger partial charge on any atom is -0.492 e. The van der Waals surface area contributed by atoms with E-state index < -0.39 is 0 Å². The number of carbonyl (C=O) groups excluding carboxylic acids is 2. The van der Waals surface area contributed by atoms with Crippen LogP contribution in [0.3, 0.4) is 0 Å². The summed E-state index contributed by atoms with van der Waals surface area (Å²) in [5.74, 6) is 0.693. The highest BCUT2D eigenvalue weighted by Crippen LogP contribution is 2.27. The molecule has 0 heterocycles. The van der Waals surface area contributed by atoms with Crippen molar-refractivity contribution in [3.8, 4) is 5.75 Å². The van der Waals surface area contributed by atoms with Crippen LogP contribution in [-0.4, -0.2) is 38.7 Å². The van der Waals surface area contributed by atoms with E-state index in [9.17, 15) is 9.59 Å². The lowest BCUT2D eigenvalue weighted by Crippen LogP contribution is -2.26. The standard InChI is InChI=1S/C21H25BrN2O4/c1-14(2)13-28-19-9-6-16(12-18(19)22)21(26)24-17-7-4-15(5-8-17)20(25)23-10-11-27-3/h4-9,12,14H,10-11,13H2,1-3H3,(H,23,25)(H,24,26). The van der Waals surface area contributed by atoms with Crippen molar-refractivity contribution in [2.45, 2.75) is 13.8 Å². The quantitative estimate of drug-likeness (QED) is 0.565. The molecule has 2 rings (SSSR count). The highest BCUT2D eigenvalue weighted by molar-refractivity contribution is 9.10. The molecule has 28 heavy (non-hydrogen) atoms. The third-order valence-corrected chi connectivity index (χ3v) is 4.38. The molecule has 150 valence electrons. The van der Waals surface area contributed by atoms with Crippen LogP contribution in [0.2, 0.25) is 0 Å². The maximum atomic E-state index is 12.5. The number of carbonyl (C=O) groups is 2. The molecule has 6 nitrogen and oxygen atoms in total. The van der Waals surface area contributed by atoms with Crippen LogP contribution in [-0.2, 0) is 4.74 Å². The van der Waals surface area contributed by atoms with Crippen LogP contribution in [0.5, 0.6) is 5.75 Å². The number of rotatable bonds is 9. The molecule has 0 aliphatic heterocycles. The van der Waals surface area contributed by atoms with Gasteiger partial charge in [-0.2, -0.15) is 0 Å². The maximum Gasteiger partial charge on any atom is 0.255 e. The second-order valence-electron chi connectivity index (χ2n) is 6.63. The van der Waals surface area contributed by atoms with E-state index in [2.05, 4.69) is 40.4 Å². The first-order chi connectivity index (χ1) is 13.4. The lowest BCUT2D eigenvalue weighted by Gasteiger charge is -2.12. The fourth-order valence-electron chi connectivity index (χ4n) is 2.29. The molecule has 0 aliphatic rings. The topological polar surface area (TPSA) is 76.7 Å². The summed E-state index contributed by atoms with van der Waals surface area (Å²) < 4.78 is 11.3. The highest BCUT2D eigenvalue weighted by atomic mass is 79.9. The van der Waals surface area contributed by atoms with Gasteiger partial charge < -0.3 is 20.1 Å². The summed E-state index contributed by atoms with van der Waals surface area (Å²) in [7, 11) is 1.58. The predicted octanol–water partition coefficient (Wildman–Crippen LogP) is 4.11. The van der Waals surface area contributed by atoms with E-state index in [1.54, 1.807) is 49.6 Å². The molecule has 2 aromatic rings. The van der Waals surface area contributed by atoms with Crippen LogP contribution >= 0.6 is 15.9 Å². The van der Waals surface area contributed by atoms with Gasteiger partial charge in [-0.1, -0.05) is 13.8 Å². The number of nitrogens with one attached hydrogen (secondary N) is 2.